The summed E-state index contributed by atoms with van der Waals surface area (Å²) in [6.45, 7) is 0.792. The van der Waals surface area contributed by atoms with Gasteiger partial charge in [-0.25, -0.2) is 4.79 Å². The topological polar surface area (TPSA) is 95.3 Å². The molecule has 1 aromatic rings. The summed E-state index contributed by atoms with van der Waals surface area (Å²) < 4.78 is 0. The quantitative estimate of drug-likeness (QED) is 0.675. The third-order valence-electron chi connectivity index (χ3n) is 3.18. The molecule has 0 bridgehead atoms. The minimum Gasteiger partial charge on any atom is -0.478 e. The first-order chi connectivity index (χ1) is 8.17. The molecule has 1 saturated carbocycles. The van der Waals surface area contributed by atoms with E-state index >= 15 is 0 Å². The number of anilines is 1. The average molecular weight is 237 g/mol. The van der Waals surface area contributed by atoms with Crippen LogP contribution in [0.25, 0.3) is 0 Å². The Balaban J connectivity index is 2.02. The lowest BCUT2D eigenvalue weighted by Crippen LogP contribution is -2.19. The molecule has 17 heavy (non-hydrogen) atoms. The molecule has 0 amide bonds. The monoisotopic (exact) mass is 237 g/mol. The standard InChI is InChI=1S/C11H15N3O3/c15-6-4-11(2-3-11)7-12-9-8(10(16)17)1-5-13-14-9/h1,5,15H,2-4,6-7H2,(H,12,14)(H,16,17). The first-order valence-electron chi connectivity index (χ1n) is 5.57. The number of carboxylic acids is 1. The number of carboxylic acid groups (broad SMARTS) is 1. The molecule has 1 aliphatic carbocycles. The summed E-state index contributed by atoms with van der Waals surface area (Å²) in [5, 5.41) is 28.4. The largest absolute Gasteiger partial charge is 0.478 e. The second kappa shape index (κ2) is 4.67. The Hall–Kier alpha value is -1.69. The fraction of sp³-hybridized carbons (Fsp3) is 0.545. The number of hydrogen-bond acceptors (Lipinski definition) is 5. The van der Waals surface area contributed by atoms with E-state index in [-0.39, 0.29) is 17.6 Å². The Morgan fingerprint density at radius 1 is 1.53 bits per heavy atom. The van der Waals surface area contributed by atoms with E-state index in [9.17, 15) is 4.79 Å². The van der Waals surface area contributed by atoms with Crippen LogP contribution < -0.4 is 5.32 Å². The highest BCUT2D eigenvalue weighted by atomic mass is 16.4. The molecule has 6 heteroatoms. The van der Waals surface area contributed by atoms with Crippen LogP contribution in [-0.2, 0) is 0 Å². The third kappa shape index (κ3) is 2.71. The molecule has 0 aromatic carbocycles. The number of hydrogen-bond donors (Lipinski definition) is 3. The Morgan fingerprint density at radius 2 is 2.29 bits per heavy atom. The summed E-state index contributed by atoms with van der Waals surface area (Å²) in [6.07, 6.45) is 4.21. The molecule has 0 radical (unpaired) electrons. The molecule has 1 heterocycles. The van der Waals surface area contributed by atoms with Gasteiger partial charge in [-0.05, 0) is 30.7 Å². The summed E-state index contributed by atoms with van der Waals surface area (Å²) in [4.78, 5) is 10.9. The zero-order valence-corrected chi connectivity index (χ0v) is 9.39. The van der Waals surface area contributed by atoms with Crippen molar-refractivity contribution in [2.45, 2.75) is 19.3 Å². The zero-order chi connectivity index (χ0) is 12.3. The van der Waals surface area contributed by atoms with E-state index in [1.165, 1.54) is 12.3 Å². The molecular weight excluding hydrogens is 222 g/mol. The fourth-order valence-corrected chi connectivity index (χ4v) is 1.84. The maximum absolute atomic E-state index is 10.9. The summed E-state index contributed by atoms with van der Waals surface area (Å²) in [5.74, 6) is -0.724. The molecule has 0 unspecified atom stereocenters. The lowest BCUT2D eigenvalue weighted by atomic mass is 10.0. The van der Waals surface area contributed by atoms with Crippen molar-refractivity contribution in [3.05, 3.63) is 17.8 Å². The van der Waals surface area contributed by atoms with Crippen LogP contribution in [0.15, 0.2) is 12.3 Å². The maximum atomic E-state index is 10.9. The minimum absolute atomic E-state index is 0.113. The molecule has 0 aliphatic heterocycles. The van der Waals surface area contributed by atoms with Crippen LogP contribution in [0.1, 0.15) is 29.6 Å². The number of nitrogens with one attached hydrogen (secondary N) is 1. The number of carbonyl (C=O) groups is 1. The number of aliphatic hydroxyl groups is 1. The molecule has 6 nitrogen and oxygen atoms in total. The van der Waals surface area contributed by atoms with Gasteiger partial charge in [0, 0.05) is 13.2 Å². The summed E-state index contributed by atoms with van der Waals surface area (Å²) >= 11 is 0. The molecule has 1 aliphatic rings. The number of aliphatic hydroxyl groups excluding tert-OH is 1. The van der Waals surface area contributed by atoms with Gasteiger partial charge in [-0.1, -0.05) is 0 Å². The van der Waals surface area contributed by atoms with Crippen LogP contribution in [0.3, 0.4) is 0 Å². The predicted molar refractivity (Wildman–Crippen MR) is 60.9 cm³/mol. The maximum Gasteiger partial charge on any atom is 0.339 e. The second-order valence-corrected chi connectivity index (χ2v) is 4.43. The van der Waals surface area contributed by atoms with Gasteiger partial charge in [-0.2, -0.15) is 5.10 Å². The van der Waals surface area contributed by atoms with E-state index in [2.05, 4.69) is 15.5 Å². The zero-order valence-electron chi connectivity index (χ0n) is 9.39. The van der Waals surface area contributed by atoms with Crippen molar-refractivity contribution in [1.82, 2.24) is 10.2 Å². The fourth-order valence-electron chi connectivity index (χ4n) is 1.84. The molecule has 92 valence electrons. The van der Waals surface area contributed by atoms with Crippen LogP contribution in [0.5, 0.6) is 0 Å². The molecule has 1 aromatic heterocycles. The normalized spacial score (nSPS) is 16.5. The van der Waals surface area contributed by atoms with Gasteiger partial charge in [0.15, 0.2) is 5.82 Å². The van der Waals surface area contributed by atoms with E-state index in [1.54, 1.807) is 0 Å². The summed E-state index contributed by atoms with van der Waals surface area (Å²) in [5.41, 5.74) is 0.238. The Kier molecular flexibility index (Phi) is 3.23. The molecule has 3 N–H and O–H groups in total. The van der Waals surface area contributed by atoms with Gasteiger partial charge in [0.05, 0.1) is 6.20 Å². The second-order valence-electron chi connectivity index (χ2n) is 4.43. The van der Waals surface area contributed by atoms with Crippen LogP contribution in [0.2, 0.25) is 0 Å². The molecule has 0 spiro atoms. The van der Waals surface area contributed by atoms with Crippen LogP contribution in [-0.4, -0.2) is 39.5 Å². The van der Waals surface area contributed by atoms with Gasteiger partial charge < -0.3 is 15.5 Å². The van der Waals surface area contributed by atoms with Crippen molar-refractivity contribution in [1.29, 1.82) is 0 Å². The summed E-state index contributed by atoms with van der Waals surface area (Å²) in [7, 11) is 0. The lowest BCUT2D eigenvalue weighted by Gasteiger charge is -2.15. The number of aromatic nitrogens is 2. The number of rotatable bonds is 6. The van der Waals surface area contributed by atoms with Crippen LogP contribution >= 0.6 is 0 Å². The number of nitrogens with zero attached hydrogens (tertiary/aromatic N) is 2. The Bertz CT molecular complexity index is 418. The van der Waals surface area contributed by atoms with Crippen molar-refractivity contribution < 1.29 is 15.0 Å². The average Bonchev–Trinajstić information content (AvgIpc) is 3.08. The Labute approximate surface area is 98.7 Å². The Morgan fingerprint density at radius 3 is 2.88 bits per heavy atom. The summed E-state index contributed by atoms with van der Waals surface area (Å²) in [6, 6.07) is 1.42. The van der Waals surface area contributed by atoms with E-state index in [0.717, 1.165) is 19.3 Å². The van der Waals surface area contributed by atoms with Gasteiger partial charge in [-0.3, -0.25) is 0 Å². The highest BCUT2D eigenvalue weighted by Gasteiger charge is 2.41. The molecule has 0 saturated heterocycles. The predicted octanol–water partition coefficient (Wildman–Crippen LogP) is 0.749. The minimum atomic E-state index is -1.02. The number of aromatic carboxylic acids is 1. The van der Waals surface area contributed by atoms with E-state index in [1.807, 2.05) is 0 Å². The van der Waals surface area contributed by atoms with Gasteiger partial charge in [0.25, 0.3) is 0 Å². The highest BCUT2D eigenvalue weighted by Crippen LogP contribution is 2.48. The van der Waals surface area contributed by atoms with E-state index in [4.69, 9.17) is 10.2 Å². The van der Waals surface area contributed by atoms with Gasteiger partial charge in [0.2, 0.25) is 0 Å². The SMILES string of the molecule is O=C(O)c1ccnnc1NCC1(CCO)CC1. The lowest BCUT2D eigenvalue weighted by molar-refractivity contribution is 0.0697. The molecule has 1 fully saturated rings. The first kappa shape index (κ1) is 11.8. The van der Waals surface area contributed by atoms with Gasteiger partial charge in [-0.15, -0.1) is 5.10 Å². The van der Waals surface area contributed by atoms with Crippen LogP contribution in [0.4, 0.5) is 5.82 Å². The van der Waals surface area contributed by atoms with Crippen molar-refractivity contribution in [2.24, 2.45) is 5.41 Å². The van der Waals surface area contributed by atoms with Gasteiger partial charge in [0.1, 0.15) is 5.56 Å². The van der Waals surface area contributed by atoms with Crippen molar-refractivity contribution in [3.63, 3.8) is 0 Å². The highest BCUT2D eigenvalue weighted by molar-refractivity contribution is 5.92. The van der Waals surface area contributed by atoms with E-state index in [0.29, 0.717) is 12.4 Å². The first-order valence-corrected chi connectivity index (χ1v) is 5.57. The van der Waals surface area contributed by atoms with Crippen molar-refractivity contribution in [2.75, 3.05) is 18.5 Å². The van der Waals surface area contributed by atoms with E-state index < -0.39 is 5.97 Å². The van der Waals surface area contributed by atoms with Crippen molar-refractivity contribution >= 4 is 11.8 Å². The molecule has 0 atom stereocenters. The van der Waals surface area contributed by atoms with Crippen molar-refractivity contribution in [3.8, 4) is 0 Å². The molecule has 2 rings (SSSR count). The van der Waals surface area contributed by atoms with Crippen LogP contribution in [0, 0.1) is 5.41 Å². The van der Waals surface area contributed by atoms with Gasteiger partial charge >= 0.3 is 5.97 Å². The molecular formula is C11H15N3O3. The smallest absolute Gasteiger partial charge is 0.339 e. The third-order valence-corrected chi connectivity index (χ3v) is 3.18.